The number of esters is 1. The average Bonchev–Trinajstić information content (AvgIpc) is 3.18. The third kappa shape index (κ3) is 4.12. The molecule has 3 heterocycles. The number of fused-ring (bicyclic) bond motifs is 4. The quantitative estimate of drug-likeness (QED) is 0.295. The number of rotatable bonds is 7. The van der Waals surface area contributed by atoms with Gasteiger partial charge in [0.1, 0.15) is 16.7 Å². The molecule has 0 unspecified atom stereocenters. The molecule has 5 rings (SSSR count). The van der Waals surface area contributed by atoms with Crippen LogP contribution in [0.3, 0.4) is 0 Å². The zero-order chi connectivity index (χ0) is 25.4. The Kier molecular flexibility index (Phi) is 6.26. The van der Waals surface area contributed by atoms with Crippen LogP contribution in [0.2, 0.25) is 0 Å². The maximum atomic E-state index is 13.8. The molecule has 0 aliphatic heterocycles. The predicted molar refractivity (Wildman–Crippen MR) is 141 cm³/mol. The van der Waals surface area contributed by atoms with Crippen molar-refractivity contribution < 1.29 is 9.53 Å². The highest BCUT2D eigenvalue weighted by molar-refractivity contribution is 6.06. The van der Waals surface area contributed by atoms with Gasteiger partial charge < -0.3 is 4.74 Å². The zero-order valence-corrected chi connectivity index (χ0v) is 21.0. The van der Waals surface area contributed by atoms with E-state index in [1.165, 1.54) is 0 Å². The molecule has 0 aliphatic carbocycles. The number of carbonyl (C=O) groups is 1. The lowest BCUT2D eigenvalue weighted by Crippen LogP contribution is -2.24. The van der Waals surface area contributed by atoms with Crippen molar-refractivity contribution in [1.82, 2.24) is 24.1 Å². The third-order valence-corrected chi connectivity index (χ3v) is 6.28. The summed E-state index contributed by atoms with van der Waals surface area (Å²) in [5.74, 6) is 0.736. The Labute approximate surface area is 208 Å². The van der Waals surface area contributed by atoms with Crippen molar-refractivity contribution in [3.8, 4) is 5.69 Å². The maximum Gasteiger partial charge on any atom is 0.338 e. The Morgan fingerprint density at radius 3 is 2.33 bits per heavy atom. The van der Waals surface area contributed by atoms with Gasteiger partial charge in [0.05, 0.1) is 23.2 Å². The van der Waals surface area contributed by atoms with Crippen molar-refractivity contribution in [2.75, 3.05) is 6.61 Å². The number of aryl methyl sites for hydroxylation is 1. The van der Waals surface area contributed by atoms with Crippen molar-refractivity contribution in [1.29, 1.82) is 0 Å². The van der Waals surface area contributed by atoms with E-state index in [2.05, 4.69) is 13.8 Å². The van der Waals surface area contributed by atoms with E-state index in [1.54, 1.807) is 16.7 Å². The standard InChI is InChI=1S/C28H29N5O3/c1-5-16-36-28(35)19-10-12-20(13-11-19)33-25-23(27(34)32(18(4)29-25)15-14-17(2)3)24-26(33)31-22-9-7-6-8-21(22)30-24/h6-13,17H,5,14-16H2,1-4H3. The Balaban J connectivity index is 1.77. The van der Waals surface area contributed by atoms with Crippen molar-refractivity contribution in [2.45, 2.75) is 47.1 Å². The molecule has 3 aromatic heterocycles. The van der Waals surface area contributed by atoms with Gasteiger partial charge in [-0.2, -0.15) is 0 Å². The summed E-state index contributed by atoms with van der Waals surface area (Å²) in [6.07, 6.45) is 1.63. The summed E-state index contributed by atoms with van der Waals surface area (Å²) >= 11 is 0. The van der Waals surface area contributed by atoms with Crippen molar-refractivity contribution in [3.05, 3.63) is 70.3 Å². The second kappa shape index (κ2) is 9.53. The molecule has 0 fully saturated rings. The van der Waals surface area contributed by atoms with Gasteiger partial charge in [-0.25, -0.2) is 19.7 Å². The summed E-state index contributed by atoms with van der Waals surface area (Å²) in [7, 11) is 0. The molecule has 8 heteroatoms. The molecule has 8 nitrogen and oxygen atoms in total. The molecule has 36 heavy (non-hydrogen) atoms. The Hall–Kier alpha value is -4.07. The van der Waals surface area contributed by atoms with E-state index in [1.807, 2.05) is 54.8 Å². The van der Waals surface area contributed by atoms with Gasteiger partial charge in [-0.05, 0) is 62.1 Å². The van der Waals surface area contributed by atoms with Crippen LogP contribution >= 0.6 is 0 Å². The molecule has 2 aromatic carbocycles. The molecule has 0 amide bonds. The fourth-order valence-electron chi connectivity index (χ4n) is 4.35. The fraction of sp³-hybridized carbons (Fsp3) is 0.321. The van der Waals surface area contributed by atoms with Gasteiger partial charge in [-0.1, -0.05) is 32.9 Å². The minimum atomic E-state index is -0.363. The Morgan fingerprint density at radius 2 is 1.67 bits per heavy atom. The van der Waals surface area contributed by atoms with Gasteiger partial charge >= 0.3 is 5.97 Å². The molecule has 184 valence electrons. The molecule has 0 saturated carbocycles. The Bertz CT molecular complexity index is 1650. The van der Waals surface area contributed by atoms with E-state index in [-0.39, 0.29) is 11.5 Å². The van der Waals surface area contributed by atoms with Crippen LogP contribution in [0.5, 0.6) is 0 Å². The smallest absolute Gasteiger partial charge is 0.338 e. The van der Waals surface area contributed by atoms with Gasteiger partial charge in [0.2, 0.25) is 0 Å². The van der Waals surface area contributed by atoms with Crippen LogP contribution in [0.15, 0.2) is 53.3 Å². The van der Waals surface area contributed by atoms with Crippen LogP contribution in [0.1, 0.15) is 49.8 Å². The van der Waals surface area contributed by atoms with E-state index in [0.29, 0.717) is 58.2 Å². The van der Waals surface area contributed by atoms with E-state index < -0.39 is 0 Å². The van der Waals surface area contributed by atoms with Crippen molar-refractivity contribution >= 4 is 39.2 Å². The highest BCUT2D eigenvalue weighted by Gasteiger charge is 2.22. The van der Waals surface area contributed by atoms with E-state index in [0.717, 1.165) is 24.0 Å². The molecule has 0 N–H and O–H groups in total. The molecular formula is C28H29N5O3. The van der Waals surface area contributed by atoms with Crippen LogP contribution in [0.4, 0.5) is 0 Å². The summed E-state index contributed by atoms with van der Waals surface area (Å²) in [5.41, 5.74) is 4.10. The van der Waals surface area contributed by atoms with Gasteiger partial charge in [-0.3, -0.25) is 13.9 Å². The van der Waals surface area contributed by atoms with Crippen LogP contribution in [0, 0.1) is 12.8 Å². The number of ether oxygens (including phenoxy) is 1. The second-order valence-electron chi connectivity index (χ2n) is 9.40. The topological polar surface area (TPSA) is 91.9 Å². The largest absolute Gasteiger partial charge is 0.462 e. The Morgan fingerprint density at radius 1 is 0.972 bits per heavy atom. The molecule has 0 radical (unpaired) electrons. The lowest BCUT2D eigenvalue weighted by Gasteiger charge is -2.12. The number of benzene rings is 2. The lowest BCUT2D eigenvalue weighted by atomic mass is 10.1. The monoisotopic (exact) mass is 483 g/mol. The molecule has 5 aromatic rings. The first kappa shape index (κ1) is 23.7. The average molecular weight is 484 g/mol. The molecule has 0 bridgehead atoms. The summed E-state index contributed by atoms with van der Waals surface area (Å²) in [4.78, 5) is 40.7. The first-order chi connectivity index (χ1) is 17.4. The summed E-state index contributed by atoms with van der Waals surface area (Å²) in [6, 6.07) is 14.7. The SMILES string of the molecule is CCCOC(=O)c1ccc(-n2c3nc4ccccc4nc3c3c(=O)n(CCC(C)C)c(C)nc32)cc1. The summed E-state index contributed by atoms with van der Waals surface area (Å²) in [6.45, 7) is 9.05. The minimum Gasteiger partial charge on any atom is -0.462 e. The third-order valence-electron chi connectivity index (χ3n) is 6.28. The second-order valence-corrected chi connectivity index (χ2v) is 9.40. The highest BCUT2D eigenvalue weighted by Crippen LogP contribution is 2.29. The van der Waals surface area contributed by atoms with Crippen LogP contribution < -0.4 is 5.56 Å². The number of para-hydroxylation sites is 2. The zero-order valence-electron chi connectivity index (χ0n) is 21.0. The van der Waals surface area contributed by atoms with Crippen molar-refractivity contribution in [2.24, 2.45) is 5.92 Å². The van der Waals surface area contributed by atoms with Crippen LogP contribution in [-0.4, -0.2) is 36.7 Å². The van der Waals surface area contributed by atoms with Gasteiger partial charge in [0.15, 0.2) is 11.3 Å². The lowest BCUT2D eigenvalue weighted by molar-refractivity contribution is 0.0505. The highest BCUT2D eigenvalue weighted by atomic mass is 16.5. The molecule has 0 atom stereocenters. The van der Waals surface area contributed by atoms with Crippen LogP contribution in [-0.2, 0) is 11.3 Å². The van der Waals surface area contributed by atoms with Crippen molar-refractivity contribution in [3.63, 3.8) is 0 Å². The van der Waals surface area contributed by atoms with E-state index >= 15 is 0 Å². The van der Waals surface area contributed by atoms with Gasteiger partial charge in [0, 0.05) is 12.2 Å². The van der Waals surface area contributed by atoms with Gasteiger partial charge in [-0.15, -0.1) is 0 Å². The molecular weight excluding hydrogens is 454 g/mol. The number of hydrogen-bond donors (Lipinski definition) is 0. The number of carbonyl (C=O) groups excluding carboxylic acids is 1. The summed E-state index contributed by atoms with van der Waals surface area (Å²) in [5, 5.41) is 0.448. The van der Waals surface area contributed by atoms with Gasteiger partial charge in [0.25, 0.3) is 5.56 Å². The first-order valence-electron chi connectivity index (χ1n) is 12.3. The minimum absolute atomic E-state index is 0.119. The molecule has 0 saturated heterocycles. The number of hydrogen-bond acceptors (Lipinski definition) is 6. The van der Waals surface area contributed by atoms with Crippen LogP contribution in [0.25, 0.3) is 38.9 Å². The maximum absolute atomic E-state index is 13.8. The van der Waals surface area contributed by atoms with E-state index in [4.69, 9.17) is 19.7 Å². The first-order valence-corrected chi connectivity index (χ1v) is 12.3. The number of nitrogens with zero attached hydrogens (tertiary/aromatic N) is 5. The normalized spacial score (nSPS) is 11.7. The van der Waals surface area contributed by atoms with E-state index in [9.17, 15) is 9.59 Å². The summed E-state index contributed by atoms with van der Waals surface area (Å²) < 4.78 is 8.84. The number of aromatic nitrogens is 5. The molecule has 0 aliphatic rings. The molecule has 0 spiro atoms. The predicted octanol–water partition coefficient (Wildman–Crippen LogP) is 5.20. The fourth-order valence-corrected chi connectivity index (χ4v) is 4.35.